The smallest absolute Gasteiger partial charge is 0.241 e. The summed E-state index contributed by atoms with van der Waals surface area (Å²) in [5.41, 5.74) is 7.41. The maximum Gasteiger partial charge on any atom is 0.241 e. The third-order valence-electron chi connectivity index (χ3n) is 6.26. The van der Waals surface area contributed by atoms with E-state index in [1.54, 1.807) is 17.0 Å². The Morgan fingerprint density at radius 1 is 1.22 bits per heavy atom. The number of aromatic nitrogens is 1. The Kier molecular flexibility index (Phi) is 9.61. The summed E-state index contributed by atoms with van der Waals surface area (Å²) in [6, 6.07) is 13.2. The molecule has 1 fully saturated rings. The number of amides is 1. The van der Waals surface area contributed by atoms with E-state index >= 15 is 0 Å². The number of nitrogens with one attached hydrogen (secondary N) is 4. The number of nitrogens with zero attached hydrogens (tertiary/aromatic N) is 1. The van der Waals surface area contributed by atoms with E-state index in [9.17, 15) is 13.2 Å². The number of hydrogen-bond acceptors (Lipinski definition) is 4. The second kappa shape index (κ2) is 12.3. The number of H-pyrrole nitrogens is 1. The molecule has 2 atom stereocenters. The zero-order valence-corrected chi connectivity index (χ0v) is 23.3. The van der Waals surface area contributed by atoms with Gasteiger partial charge in [-0.1, -0.05) is 18.2 Å². The Balaban J connectivity index is 0.00000361. The van der Waals surface area contributed by atoms with Crippen LogP contribution in [0.1, 0.15) is 18.4 Å². The highest BCUT2D eigenvalue weighted by molar-refractivity contribution is 14.1. The first-order chi connectivity index (χ1) is 16.7. The number of sulfonamides is 1. The molecule has 1 saturated heterocycles. The maximum atomic E-state index is 13.3. The number of nitrogens with two attached hydrogens (primary N) is 1. The molecule has 1 aliphatic heterocycles. The van der Waals surface area contributed by atoms with Gasteiger partial charge in [0.1, 0.15) is 6.04 Å². The summed E-state index contributed by atoms with van der Waals surface area (Å²) in [6.45, 7) is 1.72. The molecular formula is C24H30ClIN6O3S. The molecule has 12 heteroatoms. The average molecular weight is 645 g/mol. The topological polar surface area (TPSA) is 144 Å². The lowest BCUT2D eigenvalue weighted by atomic mass is 9.98. The number of piperidine rings is 1. The highest BCUT2D eigenvalue weighted by atomic mass is 127. The van der Waals surface area contributed by atoms with Crippen molar-refractivity contribution in [3.05, 3.63) is 63.9 Å². The van der Waals surface area contributed by atoms with Gasteiger partial charge in [-0.25, -0.2) is 8.42 Å². The number of halogens is 2. The molecule has 194 valence electrons. The van der Waals surface area contributed by atoms with Crippen molar-refractivity contribution in [1.82, 2.24) is 19.9 Å². The second-order valence-electron chi connectivity index (χ2n) is 8.78. The molecule has 1 aromatic heterocycles. The van der Waals surface area contributed by atoms with Crippen molar-refractivity contribution in [1.29, 1.82) is 5.41 Å². The van der Waals surface area contributed by atoms with Gasteiger partial charge in [0, 0.05) is 40.3 Å². The Hall–Kier alpha value is -2.35. The maximum absolute atomic E-state index is 13.3. The second-order valence-corrected chi connectivity index (χ2v) is 11.7. The van der Waals surface area contributed by atoms with E-state index in [0.717, 1.165) is 39.4 Å². The molecule has 2 heterocycles. The quantitative estimate of drug-likeness (QED) is 0.146. The van der Waals surface area contributed by atoms with E-state index in [1.807, 2.05) is 30.5 Å². The normalized spacial score (nSPS) is 16.8. The van der Waals surface area contributed by atoms with Gasteiger partial charge in [-0.2, -0.15) is 4.72 Å². The van der Waals surface area contributed by atoms with Crippen molar-refractivity contribution in [2.75, 3.05) is 19.6 Å². The fourth-order valence-corrected chi connectivity index (χ4v) is 5.95. The Morgan fingerprint density at radius 3 is 2.67 bits per heavy atom. The van der Waals surface area contributed by atoms with Crippen LogP contribution in [0, 0.1) is 14.9 Å². The van der Waals surface area contributed by atoms with Crippen LogP contribution in [0.3, 0.4) is 0 Å². The first-order valence-corrected chi connectivity index (χ1v) is 14.0. The molecule has 0 saturated carbocycles. The van der Waals surface area contributed by atoms with Gasteiger partial charge in [-0.15, -0.1) is 12.4 Å². The standard InChI is InChI=1S/C24H29IN6O3S.ClH/c25-18-7-9-19(10-8-18)35(33,34)30-22(12-17-14-28-21-6-2-1-5-20(17)21)23(32)29-13-16-4-3-11-31(15-16)24(26)27;/h1-2,5-10,14,16,22,28,30H,3-4,11-13,15H2,(H3,26,27)(H,29,32);1H. The van der Waals surface area contributed by atoms with Crippen LogP contribution < -0.4 is 15.8 Å². The molecule has 9 nitrogen and oxygen atoms in total. The third kappa shape index (κ3) is 6.90. The van der Waals surface area contributed by atoms with Crippen LogP contribution in [0.15, 0.2) is 59.6 Å². The van der Waals surface area contributed by atoms with Crippen molar-refractivity contribution in [2.45, 2.75) is 30.2 Å². The third-order valence-corrected chi connectivity index (χ3v) is 8.47. The largest absolute Gasteiger partial charge is 0.370 e. The molecule has 4 rings (SSSR count). The number of aromatic amines is 1. The molecule has 6 N–H and O–H groups in total. The molecule has 2 aromatic carbocycles. The number of fused-ring (bicyclic) bond motifs is 1. The lowest BCUT2D eigenvalue weighted by Gasteiger charge is -2.33. The number of carbonyl (C=O) groups excluding carboxylic acids is 1. The number of likely N-dealkylation sites (tertiary alicyclic amines) is 1. The predicted molar refractivity (Wildman–Crippen MR) is 152 cm³/mol. The summed E-state index contributed by atoms with van der Waals surface area (Å²) < 4.78 is 29.8. The highest BCUT2D eigenvalue weighted by Crippen LogP contribution is 2.21. The summed E-state index contributed by atoms with van der Waals surface area (Å²) in [6.07, 6.45) is 3.81. The van der Waals surface area contributed by atoms with E-state index in [-0.39, 0.29) is 41.5 Å². The Morgan fingerprint density at radius 2 is 1.94 bits per heavy atom. The van der Waals surface area contributed by atoms with Gasteiger partial charge in [0.05, 0.1) is 4.90 Å². The summed E-state index contributed by atoms with van der Waals surface area (Å²) in [5, 5.41) is 11.6. The van der Waals surface area contributed by atoms with Gasteiger partial charge in [-0.3, -0.25) is 10.2 Å². The minimum atomic E-state index is -3.92. The van der Waals surface area contributed by atoms with Gasteiger partial charge in [0.25, 0.3) is 0 Å². The fourth-order valence-electron chi connectivity index (χ4n) is 4.40. The number of guanidine groups is 1. The first kappa shape index (κ1) is 28.2. The first-order valence-electron chi connectivity index (χ1n) is 11.4. The Bertz CT molecular complexity index is 1310. The van der Waals surface area contributed by atoms with Gasteiger partial charge in [0.2, 0.25) is 15.9 Å². The van der Waals surface area contributed by atoms with Crippen LogP contribution >= 0.6 is 35.0 Å². The van der Waals surface area contributed by atoms with E-state index in [1.165, 1.54) is 12.1 Å². The SMILES string of the molecule is Cl.N=C(N)N1CCCC(CNC(=O)C(Cc2c[nH]c3ccccc23)NS(=O)(=O)c2ccc(I)cc2)C1. The average Bonchev–Trinajstić information content (AvgIpc) is 3.25. The molecule has 1 aliphatic rings. The van der Waals surface area contributed by atoms with Gasteiger partial charge >= 0.3 is 0 Å². The zero-order valence-electron chi connectivity index (χ0n) is 19.5. The van der Waals surface area contributed by atoms with Crippen LogP contribution in [-0.2, 0) is 21.2 Å². The Labute approximate surface area is 230 Å². The molecule has 0 spiro atoms. The molecule has 2 unspecified atom stereocenters. The number of para-hydroxylation sites is 1. The number of rotatable bonds is 8. The number of benzene rings is 2. The van der Waals surface area contributed by atoms with E-state index in [4.69, 9.17) is 11.1 Å². The molecule has 0 aliphatic carbocycles. The van der Waals surface area contributed by atoms with E-state index in [2.05, 4.69) is 37.6 Å². The summed E-state index contributed by atoms with van der Waals surface area (Å²) >= 11 is 2.11. The molecule has 3 aromatic rings. The molecule has 36 heavy (non-hydrogen) atoms. The predicted octanol–water partition coefficient (Wildman–Crippen LogP) is 2.81. The van der Waals surface area contributed by atoms with Crippen molar-refractivity contribution < 1.29 is 13.2 Å². The molecule has 0 radical (unpaired) electrons. The number of hydrogen-bond donors (Lipinski definition) is 5. The van der Waals surface area contributed by atoms with Crippen LogP contribution in [0.5, 0.6) is 0 Å². The van der Waals surface area contributed by atoms with Gasteiger partial charge in [0.15, 0.2) is 5.96 Å². The van der Waals surface area contributed by atoms with Crippen molar-refractivity contribution >= 4 is 67.8 Å². The molecule has 1 amide bonds. The highest BCUT2D eigenvalue weighted by Gasteiger charge is 2.28. The minimum absolute atomic E-state index is 0. The van der Waals surface area contributed by atoms with Crippen molar-refractivity contribution in [2.24, 2.45) is 11.7 Å². The lowest BCUT2D eigenvalue weighted by molar-refractivity contribution is -0.122. The van der Waals surface area contributed by atoms with Crippen LogP contribution in [0.2, 0.25) is 0 Å². The van der Waals surface area contributed by atoms with Gasteiger partial charge < -0.3 is 20.9 Å². The zero-order chi connectivity index (χ0) is 25.0. The fraction of sp³-hybridized carbons (Fsp3) is 0.333. The summed E-state index contributed by atoms with van der Waals surface area (Å²) in [7, 11) is -3.92. The minimum Gasteiger partial charge on any atom is -0.370 e. The number of carbonyl (C=O) groups is 1. The monoisotopic (exact) mass is 644 g/mol. The van der Waals surface area contributed by atoms with Gasteiger partial charge in [-0.05, 0) is 83.7 Å². The lowest BCUT2D eigenvalue weighted by Crippen LogP contribution is -2.51. The van der Waals surface area contributed by atoms with Crippen molar-refractivity contribution in [3.8, 4) is 0 Å². The van der Waals surface area contributed by atoms with Crippen molar-refractivity contribution in [3.63, 3.8) is 0 Å². The molecular weight excluding hydrogens is 615 g/mol. The van der Waals surface area contributed by atoms with E-state index in [0.29, 0.717) is 13.1 Å². The summed E-state index contributed by atoms with van der Waals surface area (Å²) in [4.78, 5) is 18.4. The van der Waals surface area contributed by atoms with Crippen LogP contribution in [0.4, 0.5) is 0 Å². The van der Waals surface area contributed by atoms with E-state index < -0.39 is 16.1 Å². The molecule has 0 bridgehead atoms. The summed E-state index contributed by atoms with van der Waals surface area (Å²) in [5.74, 6) is -0.217. The van der Waals surface area contributed by atoms with Crippen LogP contribution in [0.25, 0.3) is 10.9 Å². The van der Waals surface area contributed by atoms with Crippen LogP contribution in [-0.4, -0.2) is 55.8 Å².